The van der Waals surface area contributed by atoms with Gasteiger partial charge in [-0.25, -0.2) is 0 Å². The number of phenols is 1. The highest BCUT2D eigenvalue weighted by molar-refractivity contribution is 6.30. The lowest BCUT2D eigenvalue weighted by Gasteiger charge is -2.08. The minimum absolute atomic E-state index is 0.0801. The predicted octanol–water partition coefficient (Wildman–Crippen LogP) is 2.57. The third-order valence-electron chi connectivity index (χ3n) is 3.02. The van der Waals surface area contributed by atoms with Gasteiger partial charge in [-0.15, -0.1) is 0 Å². The first-order chi connectivity index (χ1) is 7.40. The number of hydrogen-bond acceptors (Lipinski definition) is 2. The molecule has 86 valence electrons. The highest BCUT2D eigenvalue weighted by Crippen LogP contribution is 2.44. The Morgan fingerprint density at radius 3 is 2.69 bits per heavy atom. The van der Waals surface area contributed by atoms with Gasteiger partial charge < -0.3 is 10.4 Å². The maximum atomic E-state index is 11.8. The molecule has 1 aromatic carbocycles. The first kappa shape index (κ1) is 11.3. The summed E-state index contributed by atoms with van der Waals surface area (Å²) in [6.45, 7) is 4.19. The van der Waals surface area contributed by atoms with Gasteiger partial charge in [0.2, 0.25) is 0 Å². The number of hydrogen-bond donors (Lipinski definition) is 2. The van der Waals surface area contributed by atoms with E-state index < -0.39 is 0 Å². The lowest BCUT2D eigenvalue weighted by molar-refractivity contribution is 0.0943. The number of rotatable bonds is 2. The summed E-state index contributed by atoms with van der Waals surface area (Å²) >= 11 is 5.69. The zero-order chi connectivity index (χ0) is 11.9. The van der Waals surface area contributed by atoms with Crippen molar-refractivity contribution in [2.75, 3.05) is 0 Å². The summed E-state index contributed by atoms with van der Waals surface area (Å²) in [4.78, 5) is 11.8. The number of halogens is 1. The van der Waals surface area contributed by atoms with Gasteiger partial charge in [-0.1, -0.05) is 25.4 Å². The van der Waals surface area contributed by atoms with E-state index in [0.29, 0.717) is 5.02 Å². The van der Waals surface area contributed by atoms with Crippen molar-refractivity contribution in [1.82, 2.24) is 5.32 Å². The fraction of sp³-hybridized carbons (Fsp3) is 0.417. The molecule has 2 N–H and O–H groups in total. The summed E-state index contributed by atoms with van der Waals surface area (Å²) in [5.74, 6) is -0.326. The quantitative estimate of drug-likeness (QED) is 0.834. The van der Waals surface area contributed by atoms with E-state index in [1.165, 1.54) is 12.1 Å². The first-order valence-electron chi connectivity index (χ1n) is 5.19. The van der Waals surface area contributed by atoms with Crippen molar-refractivity contribution in [3.8, 4) is 5.75 Å². The van der Waals surface area contributed by atoms with Gasteiger partial charge in [-0.3, -0.25) is 4.79 Å². The summed E-state index contributed by atoms with van der Waals surface area (Å²) in [5, 5.41) is 12.9. The second-order valence-electron chi connectivity index (χ2n) is 4.88. The number of nitrogens with one attached hydrogen (secondary N) is 1. The molecule has 0 spiro atoms. The van der Waals surface area contributed by atoms with E-state index in [1.54, 1.807) is 6.07 Å². The highest BCUT2D eigenvalue weighted by Gasteiger charge is 2.46. The maximum Gasteiger partial charge on any atom is 0.255 e. The Hall–Kier alpha value is -1.22. The Balaban J connectivity index is 2.10. The first-order valence-corrected chi connectivity index (χ1v) is 5.57. The molecule has 1 aliphatic carbocycles. The van der Waals surface area contributed by atoms with E-state index in [2.05, 4.69) is 19.2 Å². The van der Waals surface area contributed by atoms with Gasteiger partial charge >= 0.3 is 0 Å². The molecule has 0 saturated heterocycles. The standard InChI is InChI=1S/C12H14ClNO2/c1-12(2)6-10(12)14-11(16)8-4-3-7(13)5-9(8)15/h3-5,10,15H,6H2,1-2H3,(H,14,16). The monoisotopic (exact) mass is 239 g/mol. The minimum atomic E-state index is -0.246. The van der Waals surface area contributed by atoms with Crippen LogP contribution in [-0.4, -0.2) is 17.1 Å². The van der Waals surface area contributed by atoms with Crippen molar-refractivity contribution in [1.29, 1.82) is 0 Å². The Morgan fingerprint density at radius 1 is 1.56 bits per heavy atom. The maximum absolute atomic E-state index is 11.8. The number of carbonyl (C=O) groups excluding carboxylic acids is 1. The second kappa shape index (κ2) is 3.67. The molecule has 0 radical (unpaired) electrons. The molecule has 1 saturated carbocycles. The number of phenolic OH excluding ortho intramolecular Hbond substituents is 1. The smallest absolute Gasteiger partial charge is 0.255 e. The summed E-state index contributed by atoms with van der Waals surface area (Å²) in [6, 6.07) is 4.69. The fourth-order valence-electron chi connectivity index (χ4n) is 1.65. The molecular weight excluding hydrogens is 226 g/mol. The Bertz CT molecular complexity index is 443. The molecule has 4 heteroatoms. The van der Waals surface area contributed by atoms with Crippen LogP contribution in [0.4, 0.5) is 0 Å². The lowest BCUT2D eigenvalue weighted by Crippen LogP contribution is -2.28. The molecule has 1 aliphatic rings. The third kappa shape index (κ3) is 2.14. The van der Waals surface area contributed by atoms with Gasteiger partial charge in [0, 0.05) is 11.1 Å². The average Bonchev–Trinajstić information content (AvgIpc) is 2.72. The van der Waals surface area contributed by atoms with Crippen LogP contribution in [0.1, 0.15) is 30.6 Å². The number of amides is 1. The topological polar surface area (TPSA) is 49.3 Å². The molecule has 1 atom stereocenters. The predicted molar refractivity (Wildman–Crippen MR) is 62.8 cm³/mol. The Labute approximate surface area is 99.4 Å². The normalized spacial score (nSPS) is 21.6. The second-order valence-corrected chi connectivity index (χ2v) is 5.32. The van der Waals surface area contributed by atoms with Gasteiger partial charge in [0.1, 0.15) is 5.75 Å². The van der Waals surface area contributed by atoms with Crippen LogP contribution in [0.5, 0.6) is 5.75 Å². The molecule has 1 unspecified atom stereocenters. The van der Waals surface area contributed by atoms with Gasteiger partial charge in [0.15, 0.2) is 0 Å². The molecule has 0 aliphatic heterocycles. The summed E-state index contributed by atoms with van der Waals surface area (Å²) in [6.07, 6.45) is 0.979. The van der Waals surface area contributed by atoms with Gasteiger partial charge in [-0.05, 0) is 30.0 Å². The van der Waals surface area contributed by atoms with Crippen LogP contribution in [0.25, 0.3) is 0 Å². The summed E-state index contributed by atoms with van der Waals surface area (Å²) in [5.41, 5.74) is 0.449. The van der Waals surface area contributed by atoms with E-state index >= 15 is 0 Å². The average molecular weight is 240 g/mol. The van der Waals surface area contributed by atoms with Crippen LogP contribution in [0.15, 0.2) is 18.2 Å². The number of carbonyl (C=O) groups is 1. The molecule has 1 amide bonds. The molecule has 0 aromatic heterocycles. The van der Waals surface area contributed by atoms with Crippen molar-refractivity contribution in [3.63, 3.8) is 0 Å². The zero-order valence-corrected chi connectivity index (χ0v) is 10.0. The van der Waals surface area contributed by atoms with Gasteiger partial charge in [0.25, 0.3) is 5.91 Å². The van der Waals surface area contributed by atoms with Crippen LogP contribution in [0.3, 0.4) is 0 Å². The van der Waals surface area contributed by atoms with Crippen molar-refractivity contribution >= 4 is 17.5 Å². The van der Waals surface area contributed by atoms with Crippen molar-refractivity contribution in [3.05, 3.63) is 28.8 Å². The van der Waals surface area contributed by atoms with Crippen molar-refractivity contribution in [2.45, 2.75) is 26.3 Å². The SMILES string of the molecule is CC1(C)CC1NC(=O)c1ccc(Cl)cc1O. The van der Waals surface area contributed by atoms with Gasteiger partial charge in [-0.2, -0.15) is 0 Å². The highest BCUT2D eigenvalue weighted by atomic mass is 35.5. The molecular formula is C12H14ClNO2. The zero-order valence-electron chi connectivity index (χ0n) is 9.25. The van der Waals surface area contributed by atoms with E-state index in [1.807, 2.05) is 0 Å². The van der Waals surface area contributed by atoms with Crippen LogP contribution < -0.4 is 5.32 Å². The third-order valence-corrected chi connectivity index (χ3v) is 3.26. The van der Waals surface area contributed by atoms with Crippen molar-refractivity contribution < 1.29 is 9.90 Å². The Morgan fingerprint density at radius 2 is 2.19 bits per heavy atom. The van der Waals surface area contributed by atoms with E-state index in [9.17, 15) is 9.90 Å². The van der Waals surface area contributed by atoms with Crippen LogP contribution in [0, 0.1) is 5.41 Å². The van der Waals surface area contributed by atoms with Gasteiger partial charge in [0.05, 0.1) is 5.56 Å². The van der Waals surface area contributed by atoms with E-state index in [4.69, 9.17) is 11.6 Å². The number of benzene rings is 1. The van der Waals surface area contributed by atoms with Crippen LogP contribution in [-0.2, 0) is 0 Å². The summed E-state index contributed by atoms with van der Waals surface area (Å²) < 4.78 is 0. The number of aromatic hydroxyl groups is 1. The fourth-order valence-corrected chi connectivity index (χ4v) is 1.81. The largest absolute Gasteiger partial charge is 0.507 e. The molecule has 1 aromatic rings. The Kier molecular flexibility index (Phi) is 2.58. The van der Waals surface area contributed by atoms with Crippen LogP contribution in [0.2, 0.25) is 5.02 Å². The molecule has 2 rings (SSSR count). The van der Waals surface area contributed by atoms with Crippen LogP contribution >= 0.6 is 11.6 Å². The van der Waals surface area contributed by atoms with Crippen molar-refractivity contribution in [2.24, 2.45) is 5.41 Å². The van der Waals surface area contributed by atoms with E-state index in [0.717, 1.165) is 6.42 Å². The lowest BCUT2D eigenvalue weighted by atomic mass is 10.1. The minimum Gasteiger partial charge on any atom is -0.507 e. The molecule has 16 heavy (non-hydrogen) atoms. The van der Waals surface area contributed by atoms with E-state index in [-0.39, 0.29) is 28.7 Å². The molecule has 1 fully saturated rings. The molecule has 0 heterocycles. The molecule has 0 bridgehead atoms. The molecule has 3 nitrogen and oxygen atoms in total. The summed E-state index contributed by atoms with van der Waals surface area (Å²) in [7, 11) is 0.